The molecule has 0 unspecified atom stereocenters. The van der Waals surface area contributed by atoms with Crippen LogP contribution in [0.2, 0.25) is 15.1 Å². The first-order valence-electron chi connectivity index (χ1n) is 18.3. The zero-order valence-corrected chi connectivity index (χ0v) is 34.2. The van der Waals surface area contributed by atoms with Gasteiger partial charge in [-0.05, 0) is 141 Å². The Hall–Kier alpha value is -7.77. The number of halogens is 3. The highest BCUT2D eigenvalue weighted by molar-refractivity contribution is 6.35. The second kappa shape index (κ2) is 17.3. The molecule has 15 heteroatoms. The van der Waals surface area contributed by atoms with E-state index >= 15 is 0 Å². The quantitative estimate of drug-likeness (QED) is 0.0674. The number of carboxylic acids is 6. The molecule has 7 aromatic carbocycles. The van der Waals surface area contributed by atoms with Crippen molar-refractivity contribution in [3.8, 4) is 66.8 Å². The van der Waals surface area contributed by atoms with Gasteiger partial charge < -0.3 is 30.6 Å². The van der Waals surface area contributed by atoms with Crippen molar-refractivity contribution in [1.82, 2.24) is 0 Å². The van der Waals surface area contributed by atoms with Gasteiger partial charge in [-0.2, -0.15) is 0 Å². The lowest BCUT2D eigenvalue weighted by Crippen LogP contribution is -2.03. The molecule has 0 saturated heterocycles. The summed E-state index contributed by atoms with van der Waals surface area (Å²) in [6.45, 7) is 0. The summed E-state index contributed by atoms with van der Waals surface area (Å²) in [5, 5.41) is 58.4. The maximum atomic E-state index is 11.8. The lowest BCUT2D eigenvalue weighted by atomic mass is 9.90. The fraction of sp³-hybridized carbons (Fsp3) is 0. The van der Waals surface area contributed by atoms with Gasteiger partial charge in [0.05, 0.1) is 33.4 Å². The predicted octanol–water partition coefficient (Wildman–Crippen LogP) is 11.8. The van der Waals surface area contributed by atoms with Crippen LogP contribution in [-0.2, 0) is 0 Å². The Morgan fingerprint density at radius 3 is 0.635 bits per heavy atom. The van der Waals surface area contributed by atoms with Crippen LogP contribution in [0, 0.1) is 0 Å². The van der Waals surface area contributed by atoms with Crippen LogP contribution >= 0.6 is 34.8 Å². The van der Waals surface area contributed by atoms with Crippen LogP contribution in [0.15, 0.2) is 127 Å². The van der Waals surface area contributed by atoms with Gasteiger partial charge in [0.15, 0.2) is 0 Å². The van der Waals surface area contributed by atoms with Crippen LogP contribution in [0.5, 0.6) is 0 Å². The molecule has 0 saturated carbocycles. The summed E-state index contributed by atoms with van der Waals surface area (Å²) >= 11 is 20.8. The van der Waals surface area contributed by atoms with E-state index in [0.717, 1.165) is 18.2 Å². The molecule has 0 aromatic heterocycles. The first-order chi connectivity index (χ1) is 29.9. The fourth-order valence-electron chi connectivity index (χ4n) is 7.00. The summed E-state index contributed by atoms with van der Waals surface area (Å²) < 4.78 is 0. The topological polar surface area (TPSA) is 224 Å². The number of aromatic carboxylic acids is 6. The van der Waals surface area contributed by atoms with Crippen LogP contribution in [0.4, 0.5) is 0 Å². The van der Waals surface area contributed by atoms with Crippen LogP contribution in [0.25, 0.3) is 66.8 Å². The van der Waals surface area contributed by atoms with Gasteiger partial charge in [-0.25, -0.2) is 28.8 Å². The van der Waals surface area contributed by atoms with Gasteiger partial charge in [-0.3, -0.25) is 0 Å². The summed E-state index contributed by atoms with van der Waals surface area (Å²) in [5.41, 5.74) is 3.89. The monoisotopic (exact) mass is 900 g/mol. The highest BCUT2D eigenvalue weighted by Crippen LogP contribution is 2.42. The molecule has 7 rings (SSSR count). The molecule has 0 aliphatic carbocycles. The van der Waals surface area contributed by atoms with Crippen LogP contribution in [0.3, 0.4) is 0 Å². The summed E-state index contributed by atoms with van der Waals surface area (Å²) in [5.74, 6) is -7.90. The Labute approximate surface area is 371 Å². The molecular weight excluding hydrogens is 875 g/mol. The van der Waals surface area contributed by atoms with Crippen LogP contribution < -0.4 is 0 Å². The fourth-order valence-corrected chi connectivity index (χ4v) is 7.87. The second-order valence-electron chi connectivity index (χ2n) is 14.1. The van der Waals surface area contributed by atoms with E-state index in [9.17, 15) is 59.4 Å². The Kier molecular flexibility index (Phi) is 11.9. The van der Waals surface area contributed by atoms with Crippen molar-refractivity contribution in [1.29, 1.82) is 0 Å². The summed E-state index contributed by atoms with van der Waals surface area (Å²) in [6, 6.07) is 31.2. The maximum absolute atomic E-state index is 11.8. The largest absolute Gasteiger partial charge is 0.478 e. The molecule has 0 amide bonds. The van der Waals surface area contributed by atoms with Crippen LogP contribution in [0.1, 0.15) is 62.1 Å². The minimum atomic E-state index is -1.32. The molecule has 7 aromatic rings. The number of carbonyl (C=O) groups is 6. The van der Waals surface area contributed by atoms with E-state index < -0.39 is 35.8 Å². The van der Waals surface area contributed by atoms with Crippen LogP contribution in [-0.4, -0.2) is 66.5 Å². The minimum Gasteiger partial charge on any atom is -0.478 e. The molecule has 6 N–H and O–H groups in total. The third-order valence-corrected chi connectivity index (χ3v) is 11.0. The molecule has 0 atom stereocenters. The number of hydrogen-bond donors (Lipinski definition) is 6. The smallest absolute Gasteiger partial charge is 0.335 e. The lowest BCUT2D eigenvalue weighted by molar-refractivity contribution is 0.0676. The van der Waals surface area contributed by atoms with Crippen molar-refractivity contribution in [3.05, 3.63) is 176 Å². The molecule has 0 aliphatic rings. The zero-order valence-electron chi connectivity index (χ0n) is 31.9. The second-order valence-corrected chi connectivity index (χ2v) is 15.3. The van der Waals surface area contributed by atoms with Gasteiger partial charge in [-0.1, -0.05) is 71.2 Å². The van der Waals surface area contributed by atoms with Crippen molar-refractivity contribution in [2.24, 2.45) is 0 Å². The molecule has 0 fully saturated rings. The lowest BCUT2D eigenvalue weighted by Gasteiger charge is -2.16. The highest BCUT2D eigenvalue weighted by Gasteiger charge is 2.19. The molecule has 312 valence electrons. The van der Waals surface area contributed by atoms with E-state index in [4.69, 9.17) is 34.8 Å². The molecule has 0 radical (unpaired) electrons. The SMILES string of the molecule is O=C(O)c1cc(C(=O)O)cc(-c2ccc(-c3cc(-c4ccc(-c5cc(C(=O)O)cc(C(=O)O)c5)cc4Cl)cc(-c4ccc(-c5cc(C(=O)O)cc(C(=O)O)c5)cc4Cl)c3)c(Cl)c2)c1. The average Bonchev–Trinajstić information content (AvgIpc) is 3.25. The van der Waals surface area contributed by atoms with Gasteiger partial charge in [0.25, 0.3) is 0 Å². The Morgan fingerprint density at radius 1 is 0.254 bits per heavy atom. The molecular formula is C48H27Cl3O12. The van der Waals surface area contributed by atoms with Gasteiger partial charge in [-0.15, -0.1) is 0 Å². The normalized spacial score (nSPS) is 10.9. The third-order valence-electron chi connectivity index (χ3n) is 10.1. The summed E-state index contributed by atoms with van der Waals surface area (Å²) in [4.78, 5) is 70.9. The maximum Gasteiger partial charge on any atom is 0.335 e. The zero-order chi connectivity index (χ0) is 45.4. The Morgan fingerprint density at radius 2 is 0.460 bits per heavy atom. The molecule has 12 nitrogen and oxygen atoms in total. The predicted molar refractivity (Wildman–Crippen MR) is 236 cm³/mol. The van der Waals surface area contributed by atoms with Crippen molar-refractivity contribution in [2.45, 2.75) is 0 Å². The first kappa shape index (κ1) is 43.3. The van der Waals surface area contributed by atoms with Crippen molar-refractivity contribution < 1.29 is 59.4 Å². The average molecular weight is 902 g/mol. The standard InChI is InChI=1S/C48H27Cl3O12/c49-40-19-22(25-7-31(43(52)53)16-32(8-25)44(54)55)1-4-37(40)28-13-29(38-5-2-23(20-41(38)50)26-9-33(45(56)57)17-34(10-26)46(58)59)15-30(14-28)39-6-3-24(21-42(39)51)27-11-35(47(60)61)18-36(12-27)48(62)63/h1-21H,(H,52,53)(H,54,55)(H,56,57)(H,58,59)(H,60,61)(H,62,63). The number of carboxylic acid groups (broad SMARTS) is 6. The summed E-state index contributed by atoms with van der Waals surface area (Å²) in [7, 11) is 0. The highest BCUT2D eigenvalue weighted by atomic mass is 35.5. The first-order valence-corrected chi connectivity index (χ1v) is 19.4. The van der Waals surface area contributed by atoms with E-state index in [0.29, 0.717) is 66.8 Å². The molecule has 0 spiro atoms. The Bertz CT molecular complexity index is 2700. The third kappa shape index (κ3) is 9.14. The molecule has 63 heavy (non-hydrogen) atoms. The van der Waals surface area contributed by atoms with E-state index in [1.807, 2.05) is 0 Å². The number of rotatable bonds is 12. The van der Waals surface area contributed by atoms with Gasteiger partial charge in [0.1, 0.15) is 0 Å². The van der Waals surface area contributed by atoms with E-state index in [1.54, 1.807) is 72.8 Å². The van der Waals surface area contributed by atoms with Crippen molar-refractivity contribution in [3.63, 3.8) is 0 Å². The van der Waals surface area contributed by atoms with Crippen molar-refractivity contribution in [2.75, 3.05) is 0 Å². The molecule has 0 aliphatic heterocycles. The van der Waals surface area contributed by atoms with Gasteiger partial charge in [0, 0.05) is 31.8 Å². The number of hydrogen-bond acceptors (Lipinski definition) is 6. The van der Waals surface area contributed by atoms with Gasteiger partial charge >= 0.3 is 35.8 Å². The van der Waals surface area contributed by atoms with E-state index in [-0.39, 0.29) is 48.4 Å². The minimum absolute atomic E-state index is 0.205. The molecule has 0 heterocycles. The summed E-state index contributed by atoms with van der Waals surface area (Å²) in [6.07, 6.45) is 0. The number of benzene rings is 7. The van der Waals surface area contributed by atoms with E-state index in [1.165, 1.54) is 36.4 Å². The van der Waals surface area contributed by atoms with E-state index in [2.05, 4.69) is 0 Å². The Balaban J connectivity index is 1.38. The molecule has 0 bridgehead atoms. The van der Waals surface area contributed by atoms with Crippen molar-refractivity contribution >= 4 is 70.6 Å². The van der Waals surface area contributed by atoms with Gasteiger partial charge in [0.2, 0.25) is 0 Å².